The second kappa shape index (κ2) is 5.22. The zero-order valence-corrected chi connectivity index (χ0v) is 11.6. The summed E-state index contributed by atoms with van der Waals surface area (Å²) < 4.78 is 52.0. The number of rotatable bonds is 2. The first-order chi connectivity index (χ1) is 8.79. The molecule has 0 spiro atoms. The average molecular weight is 355 g/mol. The van der Waals surface area contributed by atoms with E-state index >= 15 is 0 Å². The Balaban J connectivity index is 2.44. The van der Waals surface area contributed by atoms with Gasteiger partial charge in [-0.1, -0.05) is 0 Å². The molecule has 0 bridgehead atoms. The summed E-state index contributed by atoms with van der Waals surface area (Å²) in [5, 5.41) is 9.96. The molecule has 1 aromatic carbocycles. The number of aliphatic hydroxyl groups is 1. The van der Waals surface area contributed by atoms with Crippen LogP contribution < -0.4 is 0 Å². The topological polar surface area (TPSA) is 20.2 Å². The fourth-order valence-electron chi connectivity index (χ4n) is 1.56. The van der Waals surface area contributed by atoms with Gasteiger partial charge in [-0.25, -0.2) is 4.39 Å². The maximum Gasteiger partial charge on any atom is 0.416 e. The smallest absolute Gasteiger partial charge is 0.383 e. The molecule has 1 nitrogen and oxygen atoms in total. The number of alkyl halides is 3. The molecule has 0 aliphatic rings. The quantitative estimate of drug-likeness (QED) is 0.771. The van der Waals surface area contributed by atoms with Crippen molar-refractivity contribution >= 4 is 27.3 Å². The van der Waals surface area contributed by atoms with Crippen molar-refractivity contribution in [2.24, 2.45) is 0 Å². The van der Waals surface area contributed by atoms with Crippen molar-refractivity contribution in [2.45, 2.75) is 12.3 Å². The van der Waals surface area contributed by atoms with Crippen molar-refractivity contribution in [3.63, 3.8) is 0 Å². The summed E-state index contributed by atoms with van der Waals surface area (Å²) in [6, 6.07) is 5.15. The zero-order valence-electron chi connectivity index (χ0n) is 9.21. The predicted molar refractivity (Wildman–Crippen MR) is 67.5 cm³/mol. The third-order valence-electron chi connectivity index (χ3n) is 2.48. The maximum atomic E-state index is 13.6. The third kappa shape index (κ3) is 3.16. The second-order valence-corrected chi connectivity index (χ2v) is 6.27. The highest BCUT2D eigenvalue weighted by molar-refractivity contribution is 9.11. The van der Waals surface area contributed by atoms with Crippen LogP contribution in [0, 0.1) is 5.82 Å². The highest BCUT2D eigenvalue weighted by Gasteiger charge is 2.32. The lowest BCUT2D eigenvalue weighted by atomic mass is 10.0. The summed E-state index contributed by atoms with van der Waals surface area (Å²) in [5.74, 6) is -0.870. The third-order valence-corrected chi connectivity index (χ3v) is 4.16. The predicted octanol–water partition coefficient (Wildman–Crippen LogP) is 4.75. The number of hydrogen-bond acceptors (Lipinski definition) is 2. The van der Waals surface area contributed by atoms with Gasteiger partial charge in [0.1, 0.15) is 11.9 Å². The molecule has 2 rings (SSSR count). The SMILES string of the molecule is OC(c1ccc(Br)s1)c1cc(C(F)(F)F)ccc1F. The van der Waals surface area contributed by atoms with Crippen LogP contribution in [0.2, 0.25) is 0 Å². The summed E-state index contributed by atoms with van der Waals surface area (Å²) >= 11 is 4.30. The van der Waals surface area contributed by atoms with E-state index < -0.39 is 23.7 Å². The number of hydrogen-bond donors (Lipinski definition) is 1. The molecule has 7 heteroatoms. The van der Waals surface area contributed by atoms with Gasteiger partial charge in [0, 0.05) is 10.4 Å². The summed E-state index contributed by atoms with van der Waals surface area (Å²) in [7, 11) is 0. The van der Waals surface area contributed by atoms with Crippen LogP contribution in [0.5, 0.6) is 0 Å². The van der Waals surface area contributed by atoms with E-state index in [0.717, 1.165) is 11.3 Å². The molecule has 0 aliphatic carbocycles. The van der Waals surface area contributed by atoms with Gasteiger partial charge in [0.05, 0.1) is 9.35 Å². The minimum absolute atomic E-state index is 0.366. The summed E-state index contributed by atoms with van der Waals surface area (Å²) in [6.07, 6.45) is -5.99. The minimum Gasteiger partial charge on any atom is -0.383 e. The Morgan fingerprint density at radius 2 is 1.84 bits per heavy atom. The van der Waals surface area contributed by atoms with Gasteiger partial charge in [-0.05, 0) is 46.3 Å². The Labute approximate surface area is 118 Å². The van der Waals surface area contributed by atoms with Gasteiger partial charge >= 0.3 is 6.18 Å². The maximum absolute atomic E-state index is 13.6. The van der Waals surface area contributed by atoms with Crippen LogP contribution in [0.4, 0.5) is 17.6 Å². The van der Waals surface area contributed by atoms with Crippen molar-refractivity contribution in [1.82, 2.24) is 0 Å². The van der Waals surface area contributed by atoms with E-state index in [2.05, 4.69) is 15.9 Å². The van der Waals surface area contributed by atoms with E-state index in [1.165, 1.54) is 6.07 Å². The van der Waals surface area contributed by atoms with E-state index in [1.54, 1.807) is 6.07 Å². The van der Waals surface area contributed by atoms with Gasteiger partial charge in [0.15, 0.2) is 0 Å². The van der Waals surface area contributed by atoms with E-state index in [0.29, 0.717) is 26.9 Å². The Bertz CT molecular complexity index is 594. The average Bonchev–Trinajstić information content (AvgIpc) is 2.74. The molecule has 1 aromatic heterocycles. The molecule has 0 amide bonds. The van der Waals surface area contributed by atoms with Crippen molar-refractivity contribution in [3.8, 4) is 0 Å². The van der Waals surface area contributed by atoms with E-state index in [-0.39, 0.29) is 5.56 Å². The van der Waals surface area contributed by atoms with Gasteiger partial charge in [0.2, 0.25) is 0 Å². The lowest BCUT2D eigenvalue weighted by molar-refractivity contribution is -0.137. The normalized spacial score (nSPS) is 13.6. The number of benzene rings is 1. The highest BCUT2D eigenvalue weighted by Crippen LogP contribution is 2.36. The van der Waals surface area contributed by atoms with E-state index in [9.17, 15) is 22.7 Å². The first-order valence-electron chi connectivity index (χ1n) is 5.09. The Morgan fingerprint density at radius 3 is 2.37 bits per heavy atom. The largest absolute Gasteiger partial charge is 0.416 e. The Morgan fingerprint density at radius 1 is 1.16 bits per heavy atom. The van der Waals surface area contributed by atoms with Crippen molar-refractivity contribution in [1.29, 1.82) is 0 Å². The molecule has 0 saturated carbocycles. The minimum atomic E-state index is -4.57. The van der Waals surface area contributed by atoms with E-state index in [4.69, 9.17) is 0 Å². The molecule has 0 aliphatic heterocycles. The molecule has 0 fully saturated rings. The van der Waals surface area contributed by atoms with E-state index in [1.807, 2.05) is 0 Å². The van der Waals surface area contributed by atoms with Gasteiger partial charge in [-0.3, -0.25) is 0 Å². The van der Waals surface area contributed by atoms with Crippen LogP contribution in [0.15, 0.2) is 34.1 Å². The molecule has 0 radical (unpaired) electrons. The van der Waals surface area contributed by atoms with Crippen molar-refractivity contribution in [2.75, 3.05) is 0 Å². The van der Waals surface area contributed by atoms with Crippen LogP contribution in [0.3, 0.4) is 0 Å². The number of aliphatic hydroxyl groups excluding tert-OH is 1. The number of thiophene rings is 1. The van der Waals surface area contributed by atoms with Crippen molar-refractivity contribution in [3.05, 3.63) is 55.9 Å². The molecule has 102 valence electrons. The van der Waals surface area contributed by atoms with Gasteiger partial charge < -0.3 is 5.11 Å². The van der Waals surface area contributed by atoms with Gasteiger partial charge in [0.25, 0.3) is 0 Å². The molecule has 0 saturated heterocycles. The fraction of sp³-hybridized carbons (Fsp3) is 0.167. The molecule has 1 atom stereocenters. The second-order valence-electron chi connectivity index (χ2n) is 3.78. The molecule has 1 heterocycles. The molecular weight excluding hydrogens is 348 g/mol. The molecule has 19 heavy (non-hydrogen) atoms. The lowest BCUT2D eigenvalue weighted by Crippen LogP contribution is -2.08. The summed E-state index contributed by atoms with van der Waals surface area (Å²) in [4.78, 5) is 0.366. The van der Waals surface area contributed by atoms with Gasteiger partial charge in [-0.15, -0.1) is 11.3 Å². The Hall–Kier alpha value is -0.920. The van der Waals surface area contributed by atoms with Crippen molar-refractivity contribution < 1.29 is 22.7 Å². The zero-order chi connectivity index (χ0) is 14.2. The van der Waals surface area contributed by atoms with Crippen LogP contribution >= 0.6 is 27.3 Å². The summed E-state index contributed by atoms with van der Waals surface area (Å²) in [5.41, 5.74) is -1.37. The molecule has 1 unspecified atom stereocenters. The highest BCUT2D eigenvalue weighted by atomic mass is 79.9. The van der Waals surface area contributed by atoms with Crippen LogP contribution in [0.1, 0.15) is 22.1 Å². The lowest BCUT2D eigenvalue weighted by Gasteiger charge is -2.13. The first-order valence-corrected chi connectivity index (χ1v) is 6.70. The fourth-order valence-corrected chi connectivity index (χ4v) is 2.99. The molecule has 1 N–H and O–H groups in total. The standard InChI is InChI=1S/C12H7BrF4OS/c13-10-4-3-9(19-10)11(18)7-5-6(12(15,16)17)1-2-8(7)14/h1-5,11,18H. The molecular formula is C12H7BrF4OS. The van der Waals surface area contributed by atoms with Crippen LogP contribution in [0.25, 0.3) is 0 Å². The Kier molecular flexibility index (Phi) is 3.98. The summed E-state index contributed by atoms with van der Waals surface area (Å²) in [6.45, 7) is 0. The monoisotopic (exact) mass is 354 g/mol. The van der Waals surface area contributed by atoms with Crippen LogP contribution in [-0.2, 0) is 6.18 Å². The van der Waals surface area contributed by atoms with Crippen LogP contribution in [-0.4, -0.2) is 5.11 Å². The number of halogens is 5. The first kappa shape index (κ1) is 14.5. The van der Waals surface area contributed by atoms with Gasteiger partial charge in [-0.2, -0.15) is 13.2 Å². The molecule has 2 aromatic rings.